The van der Waals surface area contributed by atoms with Gasteiger partial charge in [-0.05, 0) is 44.8 Å². The van der Waals surface area contributed by atoms with E-state index in [1.54, 1.807) is 0 Å². The highest BCUT2D eigenvalue weighted by Gasteiger charge is 2.66. The van der Waals surface area contributed by atoms with E-state index in [0.717, 1.165) is 25.7 Å². The largest absolute Gasteiger partial charge is 0.404 e. The first-order chi connectivity index (χ1) is 8.29. The van der Waals surface area contributed by atoms with Crippen molar-refractivity contribution >= 4 is 14.1 Å². The molecule has 4 aliphatic rings. The molecule has 0 aromatic heterocycles. The van der Waals surface area contributed by atoms with Crippen LogP contribution >= 0.6 is 0 Å². The molecule has 0 radical (unpaired) electrons. The van der Waals surface area contributed by atoms with Crippen molar-refractivity contribution < 1.29 is 9.22 Å². The number of fused-ring (bicyclic) bond motifs is 1. The third-order valence-corrected chi connectivity index (χ3v) is 6.28. The van der Waals surface area contributed by atoms with Gasteiger partial charge in [0, 0.05) is 17.8 Å². The summed E-state index contributed by atoms with van der Waals surface area (Å²) in [6, 6.07) is 0. The summed E-state index contributed by atoms with van der Waals surface area (Å²) in [4.78, 5) is 12.9. The standard InChI is InChI=1S/C15H24O2Si/c1-14-9-7-11-10-12(14)6-5-8-15(14,13(11)16)17-18(2,3)4/h5-6,11-12H,7-10H2,1-4H3/t11-,12+,14+,15-/m1/s1. The summed E-state index contributed by atoms with van der Waals surface area (Å²) in [7, 11) is -1.71. The third-order valence-electron chi connectivity index (χ3n) is 5.31. The van der Waals surface area contributed by atoms with Crippen molar-refractivity contribution in [2.45, 2.75) is 57.8 Å². The molecule has 3 saturated carbocycles. The predicted octanol–water partition coefficient (Wildman–Crippen LogP) is 3.54. The molecule has 4 bridgehead atoms. The molecular formula is C15H24O2Si. The fourth-order valence-corrected chi connectivity index (χ4v) is 5.91. The van der Waals surface area contributed by atoms with E-state index in [-0.39, 0.29) is 11.3 Å². The minimum Gasteiger partial charge on any atom is -0.404 e. The Balaban J connectivity index is 2.10. The van der Waals surface area contributed by atoms with E-state index >= 15 is 0 Å². The Kier molecular flexibility index (Phi) is 2.50. The number of carbonyl (C=O) groups excluding carboxylic acids is 1. The molecule has 0 aliphatic heterocycles. The number of rotatable bonds is 2. The van der Waals surface area contributed by atoms with Crippen molar-refractivity contribution in [3.05, 3.63) is 12.2 Å². The summed E-state index contributed by atoms with van der Waals surface area (Å²) >= 11 is 0. The van der Waals surface area contributed by atoms with Gasteiger partial charge in [0.25, 0.3) is 0 Å². The predicted molar refractivity (Wildman–Crippen MR) is 74.9 cm³/mol. The zero-order valence-corrected chi connectivity index (χ0v) is 13.0. The van der Waals surface area contributed by atoms with Crippen LogP contribution in [0.1, 0.15) is 32.6 Å². The molecule has 4 atom stereocenters. The van der Waals surface area contributed by atoms with E-state index in [1.165, 1.54) is 0 Å². The number of carbonyl (C=O) groups is 1. The first kappa shape index (κ1) is 12.6. The number of Topliss-reactive ketones (excluding diaryl/α,β-unsaturated/α-hetero) is 1. The monoisotopic (exact) mass is 264 g/mol. The quantitative estimate of drug-likeness (QED) is 0.563. The highest BCUT2D eigenvalue weighted by Crippen LogP contribution is 2.62. The van der Waals surface area contributed by atoms with Gasteiger partial charge in [0.05, 0.1) is 0 Å². The van der Waals surface area contributed by atoms with Crippen LogP contribution in [0.3, 0.4) is 0 Å². The number of hydrogen-bond donors (Lipinski definition) is 0. The molecule has 4 rings (SSSR count). The van der Waals surface area contributed by atoms with Gasteiger partial charge in [0.2, 0.25) is 0 Å². The normalized spacial score (nSPS) is 46.6. The minimum atomic E-state index is -1.71. The number of ketones is 1. The van der Waals surface area contributed by atoms with Crippen LogP contribution in [0.4, 0.5) is 0 Å². The maximum absolute atomic E-state index is 12.9. The fraction of sp³-hybridized carbons (Fsp3) is 0.800. The van der Waals surface area contributed by atoms with Gasteiger partial charge in [0.1, 0.15) is 5.60 Å². The van der Waals surface area contributed by atoms with Crippen molar-refractivity contribution in [3.8, 4) is 0 Å². The van der Waals surface area contributed by atoms with Crippen LogP contribution in [0.25, 0.3) is 0 Å². The molecule has 2 nitrogen and oxygen atoms in total. The van der Waals surface area contributed by atoms with Gasteiger partial charge >= 0.3 is 0 Å². The minimum absolute atomic E-state index is 0.0495. The Labute approximate surface area is 111 Å². The van der Waals surface area contributed by atoms with E-state index in [4.69, 9.17) is 4.43 Å². The first-order valence-electron chi connectivity index (χ1n) is 7.20. The lowest BCUT2D eigenvalue weighted by Crippen LogP contribution is -2.69. The van der Waals surface area contributed by atoms with E-state index < -0.39 is 13.9 Å². The van der Waals surface area contributed by atoms with Gasteiger partial charge in [-0.15, -0.1) is 0 Å². The average molecular weight is 264 g/mol. The Morgan fingerprint density at radius 1 is 1.39 bits per heavy atom. The molecule has 0 amide bonds. The zero-order valence-electron chi connectivity index (χ0n) is 12.0. The summed E-state index contributed by atoms with van der Waals surface area (Å²) in [5.74, 6) is 1.23. The van der Waals surface area contributed by atoms with E-state index in [0.29, 0.717) is 11.7 Å². The summed E-state index contributed by atoms with van der Waals surface area (Å²) in [5.41, 5.74) is -0.439. The van der Waals surface area contributed by atoms with Gasteiger partial charge < -0.3 is 4.43 Å². The summed E-state index contributed by atoms with van der Waals surface area (Å²) in [5, 5.41) is 0. The Morgan fingerprint density at radius 3 is 2.78 bits per heavy atom. The lowest BCUT2D eigenvalue weighted by atomic mass is 9.46. The van der Waals surface area contributed by atoms with Crippen LogP contribution in [0.2, 0.25) is 19.6 Å². The molecule has 3 heteroatoms. The highest BCUT2D eigenvalue weighted by atomic mass is 28.4. The van der Waals surface area contributed by atoms with Gasteiger partial charge in [-0.2, -0.15) is 0 Å². The lowest BCUT2D eigenvalue weighted by molar-refractivity contribution is -0.183. The SMILES string of the molecule is C[C@]12CC[C@@H]3C[C@@H]1C=CC[C@@]2(O[Si](C)(C)C)C3=O. The van der Waals surface area contributed by atoms with Gasteiger partial charge in [-0.25, -0.2) is 0 Å². The van der Waals surface area contributed by atoms with Crippen molar-refractivity contribution in [3.63, 3.8) is 0 Å². The van der Waals surface area contributed by atoms with Crippen molar-refractivity contribution in [2.75, 3.05) is 0 Å². The second-order valence-corrected chi connectivity index (χ2v) is 12.0. The van der Waals surface area contributed by atoms with Crippen LogP contribution in [0, 0.1) is 17.3 Å². The zero-order chi connectivity index (χ0) is 13.2. The first-order valence-corrected chi connectivity index (χ1v) is 10.6. The van der Waals surface area contributed by atoms with Crippen LogP contribution in [-0.2, 0) is 9.22 Å². The maximum atomic E-state index is 12.9. The lowest BCUT2D eigenvalue weighted by Gasteiger charge is -2.63. The Hall–Kier alpha value is -0.413. The molecular weight excluding hydrogens is 240 g/mol. The molecule has 0 aromatic rings. The van der Waals surface area contributed by atoms with Gasteiger partial charge in [-0.1, -0.05) is 19.1 Å². The topological polar surface area (TPSA) is 26.3 Å². The molecule has 0 aromatic carbocycles. The molecule has 100 valence electrons. The Bertz CT molecular complexity index is 423. The summed E-state index contributed by atoms with van der Waals surface area (Å²) < 4.78 is 6.52. The molecule has 0 heterocycles. The molecule has 0 saturated heterocycles. The van der Waals surface area contributed by atoms with E-state index in [2.05, 4.69) is 38.7 Å². The molecule has 3 fully saturated rings. The smallest absolute Gasteiger partial charge is 0.185 e. The highest BCUT2D eigenvalue weighted by molar-refractivity contribution is 6.70. The molecule has 0 unspecified atom stereocenters. The van der Waals surface area contributed by atoms with Crippen molar-refractivity contribution in [1.82, 2.24) is 0 Å². The summed E-state index contributed by atoms with van der Waals surface area (Å²) in [6.07, 6.45) is 8.65. The number of hydrogen-bond acceptors (Lipinski definition) is 2. The second-order valence-electron chi connectivity index (χ2n) is 7.53. The van der Waals surface area contributed by atoms with Crippen LogP contribution in [0.5, 0.6) is 0 Å². The van der Waals surface area contributed by atoms with Gasteiger partial charge in [-0.3, -0.25) is 4.79 Å². The number of allylic oxidation sites excluding steroid dienone is 1. The van der Waals surface area contributed by atoms with Crippen LogP contribution in [0.15, 0.2) is 12.2 Å². The maximum Gasteiger partial charge on any atom is 0.185 e. The van der Waals surface area contributed by atoms with Crippen LogP contribution in [-0.4, -0.2) is 19.7 Å². The van der Waals surface area contributed by atoms with E-state index in [9.17, 15) is 4.79 Å². The second kappa shape index (κ2) is 3.57. The third kappa shape index (κ3) is 1.46. The average Bonchev–Trinajstić information content (AvgIpc) is 2.24. The van der Waals surface area contributed by atoms with Crippen molar-refractivity contribution in [2.24, 2.45) is 17.3 Å². The Morgan fingerprint density at radius 2 is 2.11 bits per heavy atom. The fourth-order valence-electron chi connectivity index (χ4n) is 4.45. The molecule has 0 N–H and O–H groups in total. The van der Waals surface area contributed by atoms with Crippen molar-refractivity contribution in [1.29, 1.82) is 0 Å². The van der Waals surface area contributed by atoms with E-state index in [1.807, 2.05) is 0 Å². The van der Waals surface area contributed by atoms with Crippen LogP contribution < -0.4 is 0 Å². The summed E-state index contributed by atoms with van der Waals surface area (Å²) in [6.45, 7) is 8.91. The van der Waals surface area contributed by atoms with Gasteiger partial charge in [0.15, 0.2) is 14.1 Å². The molecule has 18 heavy (non-hydrogen) atoms. The molecule has 0 spiro atoms. The molecule has 4 aliphatic carbocycles.